The molecule has 1 aliphatic rings. The number of hydrogen-bond donors (Lipinski definition) is 1. The molecule has 0 spiro atoms. The summed E-state index contributed by atoms with van der Waals surface area (Å²) >= 11 is 0. The van der Waals surface area contributed by atoms with Crippen molar-refractivity contribution in [3.8, 4) is 11.3 Å². The molecule has 7 heteroatoms. The molecule has 0 saturated heterocycles. The van der Waals surface area contributed by atoms with E-state index in [9.17, 15) is 17.6 Å². The minimum absolute atomic E-state index is 0.0353. The number of aryl methyl sites for hydroxylation is 1. The van der Waals surface area contributed by atoms with Crippen LogP contribution >= 0.6 is 0 Å². The van der Waals surface area contributed by atoms with Crippen LogP contribution in [0.3, 0.4) is 0 Å². The van der Waals surface area contributed by atoms with Crippen molar-refractivity contribution in [2.45, 2.75) is 19.4 Å². The summed E-state index contributed by atoms with van der Waals surface area (Å²) < 4.78 is 55.4. The first-order valence-electron chi connectivity index (χ1n) is 6.54. The van der Waals surface area contributed by atoms with E-state index in [1.165, 1.54) is 4.68 Å². The van der Waals surface area contributed by atoms with Gasteiger partial charge < -0.3 is 5.32 Å². The van der Waals surface area contributed by atoms with E-state index in [1.807, 2.05) is 6.92 Å². The minimum atomic E-state index is -1.80. The monoisotopic (exact) mass is 299 g/mol. The van der Waals surface area contributed by atoms with Gasteiger partial charge in [-0.2, -0.15) is 5.10 Å². The quantitative estimate of drug-likeness (QED) is 0.498. The third kappa shape index (κ3) is 2.03. The van der Waals surface area contributed by atoms with Gasteiger partial charge in [0.05, 0.1) is 11.4 Å². The first-order valence-corrected chi connectivity index (χ1v) is 6.54. The minimum Gasteiger partial charge on any atom is -0.308 e. The van der Waals surface area contributed by atoms with Crippen LogP contribution in [0.4, 0.5) is 17.6 Å². The van der Waals surface area contributed by atoms with Crippen molar-refractivity contribution in [1.82, 2.24) is 15.1 Å². The van der Waals surface area contributed by atoms with E-state index in [4.69, 9.17) is 0 Å². The lowest BCUT2D eigenvalue weighted by Gasteiger charge is -2.19. The summed E-state index contributed by atoms with van der Waals surface area (Å²) in [5.74, 6) is -6.42. The molecule has 1 atom stereocenters. The molecule has 1 aromatic carbocycles. The number of nitrogens with zero attached hydrogens (tertiary/aromatic N) is 2. The molecule has 1 aliphatic heterocycles. The Labute approximate surface area is 118 Å². The number of hydrogen-bond acceptors (Lipinski definition) is 2. The van der Waals surface area contributed by atoms with E-state index in [0.717, 1.165) is 5.56 Å². The van der Waals surface area contributed by atoms with Gasteiger partial charge in [-0.1, -0.05) is 0 Å². The first kappa shape index (κ1) is 14.1. The summed E-state index contributed by atoms with van der Waals surface area (Å²) in [5.41, 5.74) is 1.42. The number of benzene rings is 1. The fourth-order valence-corrected chi connectivity index (χ4v) is 2.78. The largest absolute Gasteiger partial charge is 0.308 e. The van der Waals surface area contributed by atoms with Crippen LogP contribution in [0, 0.1) is 23.3 Å². The Morgan fingerprint density at radius 1 is 1.19 bits per heavy atom. The second-order valence-electron chi connectivity index (χ2n) is 5.11. The van der Waals surface area contributed by atoms with Crippen molar-refractivity contribution in [2.24, 2.45) is 7.05 Å². The number of rotatable bonds is 1. The number of fused-ring (bicyclic) bond motifs is 1. The molecule has 1 N–H and O–H groups in total. The van der Waals surface area contributed by atoms with Crippen LogP contribution in [0.25, 0.3) is 11.3 Å². The van der Waals surface area contributed by atoms with Gasteiger partial charge in [0.2, 0.25) is 0 Å². The van der Waals surface area contributed by atoms with Crippen LogP contribution in [0.5, 0.6) is 0 Å². The fraction of sp³-hybridized carbons (Fsp3) is 0.357. The van der Waals surface area contributed by atoms with Crippen LogP contribution in [-0.2, 0) is 13.5 Å². The molecule has 3 rings (SSSR count). The summed E-state index contributed by atoms with van der Waals surface area (Å²) in [5, 5.41) is 7.48. The molecular formula is C14H13F4N3. The highest BCUT2D eigenvalue weighted by Gasteiger charge is 2.28. The molecule has 2 aromatic rings. The SMILES string of the molecule is CC1NCCc2c1nn(C)c2-c1cc(F)c(F)c(F)c1F. The Morgan fingerprint density at radius 3 is 2.62 bits per heavy atom. The molecule has 21 heavy (non-hydrogen) atoms. The maximum atomic E-state index is 14.0. The zero-order valence-electron chi connectivity index (χ0n) is 11.5. The van der Waals surface area contributed by atoms with E-state index in [-0.39, 0.29) is 17.3 Å². The van der Waals surface area contributed by atoms with Gasteiger partial charge in [-0.15, -0.1) is 0 Å². The Hall–Kier alpha value is -1.89. The predicted octanol–water partition coefficient (Wildman–Crippen LogP) is 2.85. The van der Waals surface area contributed by atoms with Crippen LogP contribution < -0.4 is 5.32 Å². The lowest BCUT2D eigenvalue weighted by atomic mass is 9.97. The second-order valence-corrected chi connectivity index (χ2v) is 5.11. The van der Waals surface area contributed by atoms with Crippen molar-refractivity contribution in [1.29, 1.82) is 0 Å². The molecule has 0 radical (unpaired) electrons. The van der Waals surface area contributed by atoms with Crippen LogP contribution in [0.15, 0.2) is 6.07 Å². The van der Waals surface area contributed by atoms with E-state index in [0.29, 0.717) is 24.7 Å². The standard InChI is InChI=1S/C14H13F4N3/c1-6-13-7(3-4-19-6)14(21(2)20-13)8-5-9(15)11(17)12(18)10(8)16/h5-6,19H,3-4H2,1-2H3. The third-order valence-corrected chi connectivity index (χ3v) is 3.77. The van der Waals surface area contributed by atoms with Gasteiger partial charge in [-0.05, 0) is 26.0 Å². The average molecular weight is 299 g/mol. The average Bonchev–Trinajstić information content (AvgIpc) is 2.78. The molecule has 1 aromatic heterocycles. The van der Waals surface area contributed by atoms with E-state index >= 15 is 0 Å². The van der Waals surface area contributed by atoms with Crippen molar-refractivity contribution in [2.75, 3.05) is 6.54 Å². The van der Waals surface area contributed by atoms with Gasteiger partial charge in [-0.3, -0.25) is 4.68 Å². The van der Waals surface area contributed by atoms with E-state index in [1.54, 1.807) is 7.05 Å². The summed E-state index contributed by atoms with van der Waals surface area (Å²) in [6, 6.07) is 0.643. The van der Waals surface area contributed by atoms with Crippen molar-refractivity contribution < 1.29 is 17.6 Å². The number of nitrogens with one attached hydrogen (secondary N) is 1. The first-order chi connectivity index (χ1) is 9.91. The lowest BCUT2D eigenvalue weighted by molar-refractivity contribution is 0.410. The van der Waals surface area contributed by atoms with Gasteiger partial charge in [-0.25, -0.2) is 17.6 Å². The summed E-state index contributed by atoms with van der Waals surface area (Å²) in [7, 11) is 1.57. The predicted molar refractivity (Wildman–Crippen MR) is 68.6 cm³/mol. The number of halogens is 4. The molecule has 2 heterocycles. The highest BCUT2D eigenvalue weighted by molar-refractivity contribution is 5.66. The Kier molecular flexibility index (Phi) is 3.24. The Bertz CT molecular complexity index is 724. The highest BCUT2D eigenvalue weighted by Crippen LogP contribution is 2.34. The molecule has 1 unspecified atom stereocenters. The molecule has 0 aliphatic carbocycles. The highest BCUT2D eigenvalue weighted by atomic mass is 19.2. The summed E-state index contributed by atoms with van der Waals surface area (Å²) in [6.07, 6.45) is 0.558. The number of aromatic nitrogens is 2. The molecule has 0 saturated carbocycles. The van der Waals surface area contributed by atoms with Crippen LogP contribution in [-0.4, -0.2) is 16.3 Å². The summed E-state index contributed by atoms with van der Waals surface area (Å²) in [6.45, 7) is 2.55. The topological polar surface area (TPSA) is 29.9 Å². The fourth-order valence-electron chi connectivity index (χ4n) is 2.78. The molecule has 0 amide bonds. The molecule has 0 fully saturated rings. The molecule has 3 nitrogen and oxygen atoms in total. The van der Waals surface area contributed by atoms with Gasteiger partial charge in [0.1, 0.15) is 0 Å². The lowest BCUT2D eigenvalue weighted by Crippen LogP contribution is -2.27. The Balaban J connectivity index is 2.27. The Morgan fingerprint density at radius 2 is 1.90 bits per heavy atom. The van der Waals surface area contributed by atoms with E-state index in [2.05, 4.69) is 10.4 Å². The third-order valence-electron chi connectivity index (χ3n) is 3.77. The molecular weight excluding hydrogens is 286 g/mol. The maximum absolute atomic E-state index is 14.0. The van der Waals surface area contributed by atoms with E-state index < -0.39 is 23.3 Å². The van der Waals surface area contributed by atoms with Crippen molar-refractivity contribution in [3.05, 3.63) is 40.6 Å². The molecule has 0 bridgehead atoms. The zero-order chi connectivity index (χ0) is 15.3. The van der Waals surface area contributed by atoms with Gasteiger partial charge >= 0.3 is 0 Å². The van der Waals surface area contributed by atoms with Crippen molar-refractivity contribution >= 4 is 0 Å². The second kappa shape index (κ2) is 4.84. The maximum Gasteiger partial charge on any atom is 0.198 e. The van der Waals surface area contributed by atoms with Crippen molar-refractivity contribution in [3.63, 3.8) is 0 Å². The summed E-state index contributed by atoms with van der Waals surface area (Å²) in [4.78, 5) is 0. The van der Waals surface area contributed by atoms with Gasteiger partial charge in [0.25, 0.3) is 0 Å². The van der Waals surface area contributed by atoms with Gasteiger partial charge in [0.15, 0.2) is 23.3 Å². The zero-order valence-corrected chi connectivity index (χ0v) is 11.5. The normalized spacial score (nSPS) is 17.9. The van der Waals surface area contributed by atoms with Crippen LogP contribution in [0.1, 0.15) is 24.2 Å². The molecule has 112 valence electrons. The van der Waals surface area contributed by atoms with Gasteiger partial charge in [0, 0.05) is 24.2 Å². The van der Waals surface area contributed by atoms with Crippen LogP contribution in [0.2, 0.25) is 0 Å². The smallest absolute Gasteiger partial charge is 0.198 e.